The van der Waals surface area contributed by atoms with E-state index in [9.17, 15) is 13.2 Å². The van der Waals surface area contributed by atoms with Crippen LogP contribution in [0.3, 0.4) is 0 Å². The average molecular weight is 497 g/mol. The standard InChI is InChI=1S/C24H28ClF3N4S/c1-3-4-5-6-7-8-14-32(2)20-12-11-18(15-19(20)24(26,27)28)30-23-31-21(22(25)33-23)17-10-9-13-29-16-17/h9-13,15-16H,3-8,14H2,1-2H3,(H,30,31). The molecule has 0 aliphatic rings. The second-order valence-electron chi connectivity index (χ2n) is 7.93. The van der Waals surface area contributed by atoms with Crippen LogP contribution in [-0.4, -0.2) is 23.6 Å². The molecule has 33 heavy (non-hydrogen) atoms. The van der Waals surface area contributed by atoms with Crippen molar-refractivity contribution in [2.75, 3.05) is 23.8 Å². The molecule has 0 fully saturated rings. The highest BCUT2D eigenvalue weighted by Gasteiger charge is 2.34. The van der Waals surface area contributed by atoms with Crippen LogP contribution in [0.15, 0.2) is 42.7 Å². The highest BCUT2D eigenvalue weighted by molar-refractivity contribution is 7.20. The monoisotopic (exact) mass is 496 g/mol. The van der Waals surface area contributed by atoms with E-state index in [-0.39, 0.29) is 5.69 Å². The topological polar surface area (TPSA) is 41.0 Å². The molecule has 9 heteroatoms. The zero-order valence-corrected chi connectivity index (χ0v) is 20.3. The Morgan fingerprint density at radius 3 is 2.55 bits per heavy atom. The van der Waals surface area contributed by atoms with Crippen molar-refractivity contribution in [1.82, 2.24) is 9.97 Å². The molecule has 0 saturated carbocycles. The number of unbranched alkanes of at least 4 members (excludes halogenated alkanes) is 5. The Labute approximate surface area is 201 Å². The predicted octanol–water partition coefficient (Wildman–Crippen LogP) is 8.42. The van der Waals surface area contributed by atoms with Crippen LogP contribution in [0, 0.1) is 0 Å². The molecule has 2 heterocycles. The minimum atomic E-state index is -4.47. The van der Waals surface area contributed by atoms with Gasteiger partial charge in [0.15, 0.2) is 5.13 Å². The fraction of sp³-hybridized carbons (Fsp3) is 0.417. The van der Waals surface area contributed by atoms with Crippen LogP contribution in [0.1, 0.15) is 51.0 Å². The number of alkyl halides is 3. The van der Waals surface area contributed by atoms with Gasteiger partial charge in [0.1, 0.15) is 10.0 Å². The molecule has 0 unspecified atom stereocenters. The van der Waals surface area contributed by atoms with Gasteiger partial charge < -0.3 is 10.2 Å². The highest BCUT2D eigenvalue weighted by Crippen LogP contribution is 2.40. The SMILES string of the molecule is CCCCCCCCN(C)c1ccc(Nc2nc(-c3cccnc3)c(Cl)s2)cc1C(F)(F)F. The number of hydrogen-bond donors (Lipinski definition) is 1. The third-order valence-electron chi connectivity index (χ3n) is 5.33. The molecule has 1 aromatic carbocycles. The second kappa shape index (κ2) is 11.7. The van der Waals surface area contributed by atoms with Gasteiger partial charge in [-0.3, -0.25) is 4.98 Å². The van der Waals surface area contributed by atoms with Crippen molar-refractivity contribution in [2.45, 2.75) is 51.6 Å². The Bertz CT molecular complexity index is 1020. The van der Waals surface area contributed by atoms with Gasteiger partial charge in [0.05, 0.1) is 5.56 Å². The number of nitrogens with one attached hydrogen (secondary N) is 1. The van der Waals surface area contributed by atoms with Gasteiger partial charge in [-0.15, -0.1) is 0 Å². The maximum atomic E-state index is 13.8. The Morgan fingerprint density at radius 2 is 1.85 bits per heavy atom. The van der Waals surface area contributed by atoms with E-state index in [0.29, 0.717) is 27.4 Å². The number of aromatic nitrogens is 2. The lowest BCUT2D eigenvalue weighted by Crippen LogP contribution is -2.22. The van der Waals surface area contributed by atoms with E-state index < -0.39 is 11.7 Å². The molecular formula is C24H28ClF3N4S. The molecule has 0 atom stereocenters. The van der Waals surface area contributed by atoms with Gasteiger partial charge in [0, 0.05) is 42.9 Å². The average Bonchev–Trinajstić information content (AvgIpc) is 3.15. The van der Waals surface area contributed by atoms with E-state index in [1.807, 2.05) is 6.07 Å². The lowest BCUT2D eigenvalue weighted by molar-refractivity contribution is -0.137. The molecule has 1 N–H and O–H groups in total. The molecule has 4 nitrogen and oxygen atoms in total. The Balaban J connectivity index is 1.73. The lowest BCUT2D eigenvalue weighted by atomic mass is 10.1. The number of rotatable bonds is 11. The van der Waals surface area contributed by atoms with Gasteiger partial charge in [-0.2, -0.15) is 13.2 Å². The lowest BCUT2D eigenvalue weighted by Gasteiger charge is -2.24. The van der Waals surface area contributed by atoms with Crippen LogP contribution in [0.25, 0.3) is 11.3 Å². The summed E-state index contributed by atoms with van der Waals surface area (Å²) in [5.74, 6) is 0. The van der Waals surface area contributed by atoms with Gasteiger partial charge in [-0.1, -0.05) is 62.0 Å². The third kappa shape index (κ3) is 7.08. The summed E-state index contributed by atoms with van der Waals surface area (Å²) in [7, 11) is 1.71. The first-order valence-electron chi connectivity index (χ1n) is 11.1. The molecule has 0 spiro atoms. The number of nitrogens with zero attached hydrogens (tertiary/aromatic N) is 3. The first-order chi connectivity index (χ1) is 15.8. The van der Waals surface area contributed by atoms with Crippen LogP contribution in [0.5, 0.6) is 0 Å². The molecule has 0 amide bonds. The van der Waals surface area contributed by atoms with Gasteiger partial charge in [0.2, 0.25) is 0 Å². The number of benzene rings is 1. The number of thiazole rings is 1. The summed E-state index contributed by atoms with van der Waals surface area (Å²) in [5, 5.41) is 3.39. The fourth-order valence-electron chi connectivity index (χ4n) is 3.58. The van der Waals surface area contributed by atoms with Gasteiger partial charge >= 0.3 is 6.18 Å². The summed E-state index contributed by atoms with van der Waals surface area (Å²) in [6.45, 7) is 2.74. The second-order valence-corrected chi connectivity index (χ2v) is 9.53. The smallest absolute Gasteiger partial charge is 0.374 e. The molecule has 0 saturated heterocycles. The number of halogens is 4. The summed E-state index contributed by atoms with van der Waals surface area (Å²) in [4.78, 5) is 10.2. The van der Waals surface area contributed by atoms with Crippen molar-refractivity contribution < 1.29 is 13.2 Å². The van der Waals surface area contributed by atoms with Crippen LogP contribution >= 0.6 is 22.9 Å². The van der Waals surface area contributed by atoms with E-state index in [4.69, 9.17) is 11.6 Å². The van der Waals surface area contributed by atoms with Crippen LogP contribution < -0.4 is 10.2 Å². The Morgan fingerprint density at radius 1 is 1.09 bits per heavy atom. The first kappa shape index (κ1) is 25.3. The van der Waals surface area contributed by atoms with Gasteiger partial charge in [-0.25, -0.2) is 4.98 Å². The Hall–Kier alpha value is -2.32. The minimum absolute atomic E-state index is 0.176. The van der Waals surface area contributed by atoms with E-state index in [0.717, 1.165) is 30.9 Å². The maximum absolute atomic E-state index is 13.8. The quantitative estimate of drug-likeness (QED) is 0.270. The third-order valence-corrected chi connectivity index (χ3v) is 6.50. The van der Waals surface area contributed by atoms with Gasteiger partial charge in [0.25, 0.3) is 0 Å². The largest absolute Gasteiger partial charge is 0.418 e. The summed E-state index contributed by atoms with van der Waals surface area (Å²) in [6.07, 6.45) is 5.38. The molecule has 178 valence electrons. The van der Waals surface area contributed by atoms with Crippen molar-refractivity contribution in [2.24, 2.45) is 0 Å². The molecule has 0 radical (unpaired) electrons. The van der Waals surface area contributed by atoms with E-state index >= 15 is 0 Å². The molecular weight excluding hydrogens is 469 g/mol. The zero-order chi connectivity index (χ0) is 23.8. The fourth-order valence-corrected chi connectivity index (χ4v) is 4.69. The van der Waals surface area contributed by atoms with Crippen molar-refractivity contribution >= 4 is 39.4 Å². The molecule has 0 aliphatic carbocycles. The summed E-state index contributed by atoms with van der Waals surface area (Å²) in [6, 6.07) is 7.88. The number of hydrogen-bond acceptors (Lipinski definition) is 5. The Kier molecular flexibility index (Phi) is 8.97. The summed E-state index contributed by atoms with van der Waals surface area (Å²) < 4.78 is 42.0. The molecule has 3 aromatic rings. The van der Waals surface area contributed by atoms with Crippen molar-refractivity contribution in [3.8, 4) is 11.3 Å². The van der Waals surface area contributed by atoms with Crippen molar-refractivity contribution in [3.63, 3.8) is 0 Å². The minimum Gasteiger partial charge on any atom is -0.374 e. The summed E-state index contributed by atoms with van der Waals surface area (Å²) >= 11 is 7.48. The van der Waals surface area contributed by atoms with Gasteiger partial charge in [-0.05, 0) is 36.8 Å². The van der Waals surface area contributed by atoms with Crippen LogP contribution in [0.4, 0.5) is 29.7 Å². The van der Waals surface area contributed by atoms with E-state index in [1.54, 1.807) is 36.5 Å². The first-order valence-corrected chi connectivity index (χ1v) is 12.2. The zero-order valence-electron chi connectivity index (χ0n) is 18.8. The maximum Gasteiger partial charge on any atom is 0.418 e. The normalized spacial score (nSPS) is 11.6. The number of pyridine rings is 1. The van der Waals surface area contributed by atoms with Crippen molar-refractivity contribution in [1.29, 1.82) is 0 Å². The molecule has 0 aliphatic heterocycles. The summed E-state index contributed by atoms with van der Waals surface area (Å²) in [5.41, 5.74) is 1.10. The van der Waals surface area contributed by atoms with E-state index in [2.05, 4.69) is 22.2 Å². The van der Waals surface area contributed by atoms with Crippen LogP contribution in [-0.2, 0) is 6.18 Å². The molecule has 3 rings (SSSR count). The number of anilines is 3. The van der Waals surface area contributed by atoms with Crippen molar-refractivity contribution in [3.05, 3.63) is 52.6 Å². The van der Waals surface area contributed by atoms with Crippen LogP contribution in [0.2, 0.25) is 4.34 Å². The molecule has 2 aromatic heterocycles. The van der Waals surface area contributed by atoms with E-state index in [1.165, 1.54) is 36.7 Å². The predicted molar refractivity (Wildman–Crippen MR) is 132 cm³/mol. The molecule has 0 bridgehead atoms. The highest BCUT2D eigenvalue weighted by atomic mass is 35.5.